The highest BCUT2D eigenvalue weighted by atomic mass is 32.1. The summed E-state index contributed by atoms with van der Waals surface area (Å²) >= 11 is 5.32. The minimum Gasteiger partial charge on any atom is -0.494 e. The second-order valence-electron chi connectivity index (χ2n) is 4.54. The Labute approximate surface area is 122 Å². The summed E-state index contributed by atoms with van der Waals surface area (Å²) in [6.07, 6.45) is 1.36. The Bertz CT molecular complexity index is 660. The smallest absolute Gasteiger partial charge is 0.221 e. The van der Waals surface area contributed by atoms with Gasteiger partial charge < -0.3 is 19.6 Å². The van der Waals surface area contributed by atoms with Crippen LogP contribution in [0, 0.1) is 4.77 Å². The molecule has 1 heterocycles. The number of para-hydroxylation sites is 1. The molecule has 2 N–H and O–H groups in total. The molecule has 2 rings (SSSR count). The van der Waals surface area contributed by atoms with Crippen LogP contribution >= 0.6 is 12.2 Å². The first-order chi connectivity index (χ1) is 9.67. The van der Waals surface area contributed by atoms with Gasteiger partial charge in [0.25, 0.3) is 0 Å². The van der Waals surface area contributed by atoms with E-state index in [0.29, 0.717) is 24.3 Å². The molecule has 0 aliphatic carbocycles. The van der Waals surface area contributed by atoms with Gasteiger partial charge in [-0.1, -0.05) is 13.0 Å². The maximum Gasteiger partial charge on any atom is 0.221 e. The van der Waals surface area contributed by atoms with Crippen molar-refractivity contribution < 1.29 is 9.53 Å². The third-order valence-electron chi connectivity index (χ3n) is 3.13. The molecule has 0 radical (unpaired) electrons. The Morgan fingerprint density at radius 1 is 1.50 bits per heavy atom. The van der Waals surface area contributed by atoms with Crippen molar-refractivity contribution >= 4 is 29.2 Å². The number of amides is 1. The molecule has 0 atom stereocenters. The van der Waals surface area contributed by atoms with Gasteiger partial charge in [-0.15, -0.1) is 0 Å². The van der Waals surface area contributed by atoms with E-state index in [1.54, 1.807) is 7.11 Å². The summed E-state index contributed by atoms with van der Waals surface area (Å²) in [6.45, 7) is 3.30. The number of aryl methyl sites for hydroxylation is 1. The maximum absolute atomic E-state index is 11.7. The third-order valence-corrected chi connectivity index (χ3v) is 3.45. The number of methoxy groups -OCH3 is 1. The number of imidazole rings is 1. The molecule has 0 unspecified atom stereocenters. The number of hydrogen-bond donors (Lipinski definition) is 2. The molecule has 6 heteroatoms. The standard InChI is InChI=1S/C14H19N3O2S/c1-3-8-15-12(18)7-9-17-10-5-4-6-11(19-2)13(10)16-14(17)20/h4-6H,3,7-9H2,1-2H3,(H,15,18)(H,16,20). The molecule has 0 spiro atoms. The summed E-state index contributed by atoms with van der Waals surface area (Å²) in [6, 6.07) is 5.76. The van der Waals surface area contributed by atoms with Gasteiger partial charge in [-0.3, -0.25) is 4.79 Å². The summed E-state index contributed by atoms with van der Waals surface area (Å²) in [5, 5.41) is 2.86. The van der Waals surface area contributed by atoms with Crippen molar-refractivity contribution in [2.45, 2.75) is 26.3 Å². The van der Waals surface area contributed by atoms with Crippen LogP contribution in [0.25, 0.3) is 11.0 Å². The van der Waals surface area contributed by atoms with Gasteiger partial charge in [-0.25, -0.2) is 0 Å². The molecule has 0 fully saturated rings. The molecule has 0 saturated heterocycles. The summed E-state index contributed by atoms with van der Waals surface area (Å²) in [7, 11) is 1.63. The topological polar surface area (TPSA) is 59.0 Å². The van der Waals surface area contributed by atoms with Gasteiger partial charge in [0, 0.05) is 19.5 Å². The number of nitrogens with zero attached hydrogens (tertiary/aromatic N) is 1. The highest BCUT2D eigenvalue weighted by molar-refractivity contribution is 7.71. The molecule has 0 bridgehead atoms. The second kappa shape index (κ2) is 6.56. The summed E-state index contributed by atoms with van der Waals surface area (Å²) in [4.78, 5) is 14.8. The van der Waals surface area contributed by atoms with Gasteiger partial charge in [-0.2, -0.15) is 0 Å². The molecule has 20 heavy (non-hydrogen) atoms. The summed E-state index contributed by atoms with van der Waals surface area (Å²) in [5.41, 5.74) is 1.83. The van der Waals surface area contributed by atoms with Crippen molar-refractivity contribution in [3.63, 3.8) is 0 Å². The van der Waals surface area contributed by atoms with Crippen LogP contribution in [0.3, 0.4) is 0 Å². The van der Waals surface area contributed by atoms with Crippen molar-refractivity contribution in [3.8, 4) is 5.75 Å². The van der Waals surface area contributed by atoms with Crippen LogP contribution in [0.1, 0.15) is 19.8 Å². The highest BCUT2D eigenvalue weighted by Gasteiger charge is 2.09. The zero-order valence-electron chi connectivity index (χ0n) is 11.7. The first kappa shape index (κ1) is 14.6. The number of carbonyl (C=O) groups is 1. The van der Waals surface area contributed by atoms with Crippen LogP contribution in [0.2, 0.25) is 0 Å². The Morgan fingerprint density at radius 3 is 3.00 bits per heavy atom. The van der Waals surface area contributed by atoms with Gasteiger partial charge in [0.15, 0.2) is 4.77 Å². The van der Waals surface area contributed by atoms with Crippen LogP contribution in [-0.4, -0.2) is 29.1 Å². The number of H-pyrrole nitrogens is 1. The third kappa shape index (κ3) is 3.01. The number of hydrogen-bond acceptors (Lipinski definition) is 3. The zero-order chi connectivity index (χ0) is 14.5. The molecular formula is C14H19N3O2S. The monoisotopic (exact) mass is 293 g/mol. The molecule has 1 amide bonds. The number of aromatic nitrogens is 2. The van der Waals surface area contributed by atoms with E-state index in [1.807, 2.05) is 29.7 Å². The zero-order valence-corrected chi connectivity index (χ0v) is 12.5. The van der Waals surface area contributed by atoms with E-state index >= 15 is 0 Å². The van der Waals surface area contributed by atoms with Gasteiger partial charge in [0.1, 0.15) is 11.3 Å². The largest absolute Gasteiger partial charge is 0.494 e. The predicted octanol–water partition coefficient (Wildman–Crippen LogP) is 2.62. The molecule has 1 aromatic carbocycles. The average Bonchev–Trinajstić information content (AvgIpc) is 2.78. The van der Waals surface area contributed by atoms with Crippen LogP contribution in [-0.2, 0) is 11.3 Å². The lowest BCUT2D eigenvalue weighted by molar-refractivity contribution is -0.121. The van der Waals surface area contributed by atoms with E-state index in [0.717, 1.165) is 23.2 Å². The van der Waals surface area contributed by atoms with Crippen LogP contribution in [0.4, 0.5) is 0 Å². The van der Waals surface area contributed by atoms with E-state index in [2.05, 4.69) is 10.3 Å². The maximum atomic E-state index is 11.7. The first-order valence-corrected chi connectivity index (χ1v) is 7.10. The van der Waals surface area contributed by atoms with Crippen molar-refractivity contribution in [3.05, 3.63) is 23.0 Å². The lowest BCUT2D eigenvalue weighted by atomic mass is 10.3. The van der Waals surface area contributed by atoms with E-state index in [9.17, 15) is 4.79 Å². The highest BCUT2D eigenvalue weighted by Crippen LogP contribution is 2.24. The van der Waals surface area contributed by atoms with Crippen molar-refractivity contribution in [2.75, 3.05) is 13.7 Å². The van der Waals surface area contributed by atoms with Gasteiger partial charge in [0.05, 0.1) is 12.6 Å². The van der Waals surface area contributed by atoms with E-state index in [-0.39, 0.29) is 5.91 Å². The molecule has 1 aromatic heterocycles. The minimum absolute atomic E-state index is 0.0472. The van der Waals surface area contributed by atoms with Crippen molar-refractivity contribution in [1.82, 2.24) is 14.9 Å². The minimum atomic E-state index is 0.0472. The lowest BCUT2D eigenvalue weighted by Crippen LogP contribution is -2.25. The number of ether oxygens (including phenoxy) is 1. The Balaban J connectivity index is 2.20. The van der Waals surface area contributed by atoms with Gasteiger partial charge in [0.2, 0.25) is 5.91 Å². The molecule has 0 aliphatic rings. The fourth-order valence-electron chi connectivity index (χ4n) is 2.11. The number of benzene rings is 1. The SMILES string of the molecule is CCCNC(=O)CCn1c(=S)[nH]c2c(OC)cccc21. The molecule has 108 valence electrons. The number of fused-ring (bicyclic) bond motifs is 1. The predicted molar refractivity (Wildman–Crippen MR) is 81.6 cm³/mol. The average molecular weight is 293 g/mol. The molecule has 0 aliphatic heterocycles. The summed E-state index contributed by atoms with van der Waals surface area (Å²) < 4.78 is 7.84. The van der Waals surface area contributed by atoms with E-state index < -0.39 is 0 Å². The Morgan fingerprint density at radius 2 is 2.30 bits per heavy atom. The second-order valence-corrected chi connectivity index (χ2v) is 4.92. The normalized spacial score (nSPS) is 10.7. The number of carbonyl (C=O) groups excluding carboxylic acids is 1. The number of nitrogens with one attached hydrogen (secondary N) is 2. The van der Waals surface area contributed by atoms with Crippen LogP contribution in [0.15, 0.2) is 18.2 Å². The Kier molecular flexibility index (Phi) is 4.79. The van der Waals surface area contributed by atoms with E-state index in [4.69, 9.17) is 17.0 Å². The molecule has 5 nitrogen and oxygen atoms in total. The van der Waals surface area contributed by atoms with Crippen molar-refractivity contribution in [1.29, 1.82) is 0 Å². The van der Waals surface area contributed by atoms with Gasteiger partial charge >= 0.3 is 0 Å². The Hall–Kier alpha value is -1.82. The molecular weight excluding hydrogens is 274 g/mol. The summed E-state index contributed by atoms with van der Waals surface area (Å²) in [5.74, 6) is 0.800. The van der Waals surface area contributed by atoms with Gasteiger partial charge in [-0.05, 0) is 30.8 Å². The van der Waals surface area contributed by atoms with Crippen LogP contribution < -0.4 is 10.1 Å². The van der Waals surface area contributed by atoms with Crippen LogP contribution in [0.5, 0.6) is 5.75 Å². The number of rotatable bonds is 6. The lowest BCUT2D eigenvalue weighted by Gasteiger charge is -2.06. The quantitative estimate of drug-likeness (QED) is 0.805. The number of aromatic amines is 1. The molecule has 0 saturated carbocycles. The van der Waals surface area contributed by atoms with E-state index in [1.165, 1.54) is 0 Å². The van der Waals surface area contributed by atoms with Crippen molar-refractivity contribution in [2.24, 2.45) is 0 Å². The fraction of sp³-hybridized carbons (Fsp3) is 0.429. The first-order valence-electron chi connectivity index (χ1n) is 6.69. The fourth-order valence-corrected chi connectivity index (χ4v) is 2.40. The molecule has 2 aromatic rings.